The number of nitrogens with zero attached hydrogens (tertiary/aromatic N) is 3. The number of hydrogen-bond donors (Lipinski definition) is 1. The number of sulfonamides is 1. The number of nitrogens with one attached hydrogen (secondary N) is 1. The molecule has 1 fully saturated rings. The highest BCUT2D eigenvalue weighted by Gasteiger charge is 2.32. The summed E-state index contributed by atoms with van der Waals surface area (Å²) in [5.41, 5.74) is 2.18. The average molecular weight is 481 g/mol. The fourth-order valence-corrected chi connectivity index (χ4v) is 5.54. The van der Waals surface area contributed by atoms with Crippen LogP contribution < -0.4 is 5.32 Å². The van der Waals surface area contributed by atoms with Gasteiger partial charge in [0.1, 0.15) is 0 Å². The number of non-ortho nitro benzene ring substituents is 1. The summed E-state index contributed by atoms with van der Waals surface area (Å²) in [4.78, 5) is 25.3. The van der Waals surface area contributed by atoms with E-state index in [2.05, 4.69) is 5.32 Å². The highest BCUT2D eigenvalue weighted by molar-refractivity contribution is 7.89. The lowest BCUT2D eigenvalue weighted by Crippen LogP contribution is -2.50. The van der Waals surface area contributed by atoms with Gasteiger partial charge < -0.3 is 10.2 Å². The lowest BCUT2D eigenvalue weighted by molar-refractivity contribution is -0.385. The van der Waals surface area contributed by atoms with E-state index in [1.807, 2.05) is 42.5 Å². The van der Waals surface area contributed by atoms with Gasteiger partial charge in [0, 0.05) is 44.0 Å². The van der Waals surface area contributed by atoms with Crippen molar-refractivity contribution in [1.29, 1.82) is 0 Å². The van der Waals surface area contributed by atoms with Gasteiger partial charge >= 0.3 is 0 Å². The average Bonchev–Trinajstić information content (AvgIpc) is 2.84. The number of anilines is 2. The zero-order chi connectivity index (χ0) is 24.3. The molecule has 1 heterocycles. The Morgan fingerprint density at radius 2 is 1.59 bits per heavy atom. The first-order chi connectivity index (χ1) is 16.3. The van der Waals surface area contributed by atoms with E-state index in [4.69, 9.17) is 0 Å². The molecule has 1 amide bonds. The second-order valence-corrected chi connectivity index (χ2v) is 9.85. The largest absolute Gasteiger partial charge is 0.355 e. The van der Waals surface area contributed by atoms with E-state index in [-0.39, 0.29) is 42.7 Å². The van der Waals surface area contributed by atoms with Gasteiger partial charge in [0.2, 0.25) is 10.0 Å². The summed E-state index contributed by atoms with van der Waals surface area (Å²) in [5, 5.41) is 14.4. The Kier molecular flexibility index (Phi) is 6.62. The minimum atomic E-state index is -3.93. The van der Waals surface area contributed by atoms with E-state index in [9.17, 15) is 23.3 Å². The minimum absolute atomic E-state index is 0.0844. The van der Waals surface area contributed by atoms with Crippen LogP contribution >= 0.6 is 0 Å². The van der Waals surface area contributed by atoms with Crippen LogP contribution in [0.2, 0.25) is 0 Å². The van der Waals surface area contributed by atoms with Crippen molar-refractivity contribution in [1.82, 2.24) is 9.21 Å². The lowest BCUT2D eigenvalue weighted by Gasteiger charge is -2.34. The molecule has 0 atom stereocenters. The van der Waals surface area contributed by atoms with Crippen molar-refractivity contribution >= 4 is 33.0 Å². The zero-order valence-corrected chi connectivity index (χ0v) is 19.4. The fraction of sp³-hybridized carbons (Fsp3) is 0.208. The van der Waals surface area contributed by atoms with E-state index in [1.165, 1.54) is 16.4 Å². The van der Waals surface area contributed by atoms with Crippen molar-refractivity contribution < 1.29 is 18.1 Å². The summed E-state index contributed by atoms with van der Waals surface area (Å²) in [7, 11) is -3.93. The molecule has 3 aromatic rings. The molecule has 3 aromatic carbocycles. The topological polar surface area (TPSA) is 113 Å². The predicted molar refractivity (Wildman–Crippen MR) is 129 cm³/mol. The molecule has 0 saturated carbocycles. The third-order valence-corrected chi connectivity index (χ3v) is 7.78. The van der Waals surface area contributed by atoms with Crippen molar-refractivity contribution in [2.24, 2.45) is 0 Å². The molecule has 1 aliphatic heterocycles. The molecule has 0 radical (unpaired) electrons. The number of rotatable bonds is 6. The number of nitro groups is 1. The zero-order valence-electron chi connectivity index (χ0n) is 18.5. The number of carbonyl (C=O) groups is 1. The van der Waals surface area contributed by atoms with Crippen LogP contribution in [-0.2, 0) is 10.0 Å². The standard InChI is InChI=1S/C24H24N4O5S/c1-18-11-12-20(28(30)31)17-23(18)34(32,33)27-15-13-26(14-16-27)24(29)21-9-5-6-10-22(21)25-19-7-3-2-4-8-19/h2-12,17,25H,13-16H2,1H3. The second kappa shape index (κ2) is 9.62. The number of piperazine rings is 1. The maximum atomic E-state index is 13.3. The van der Waals surface area contributed by atoms with Gasteiger partial charge in [0.25, 0.3) is 11.6 Å². The Hall–Kier alpha value is -3.76. The molecule has 0 unspecified atom stereocenters. The van der Waals surface area contributed by atoms with Crippen molar-refractivity contribution in [3.63, 3.8) is 0 Å². The molecule has 10 heteroatoms. The number of para-hydroxylation sites is 2. The normalized spacial score (nSPS) is 14.6. The van der Waals surface area contributed by atoms with Crippen LogP contribution in [-0.4, -0.2) is 54.6 Å². The SMILES string of the molecule is Cc1ccc([N+](=O)[O-])cc1S(=O)(=O)N1CCN(C(=O)c2ccccc2Nc2ccccc2)CC1. The first kappa shape index (κ1) is 23.4. The number of benzene rings is 3. The predicted octanol–water partition coefficient (Wildman–Crippen LogP) is 3.79. The highest BCUT2D eigenvalue weighted by Crippen LogP contribution is 2.27. The van der Waals surface area contributed by atoms with Gasteiger partial charge in [-0.05, 0) is 36.8 Å². The van der Waals surface area contributed by atoms with Crippen LogP contribution in [0.1, 0.15) is 15.9 Å². The summed E-state index contributed by atoms with van der Waals surface area (Å²) >= 11 is 0. The molecule has 0 aromatic heterocycles. The Balaban J connectivity index is 1.49. The number of nitro benzene ring substituents is 1. The first-order valence-electron chi connectivity index (χ1n) is 10.7. The molecule has 34 heavy (non-hydrogen) atoms. The van der Waals surface area contributed by atoms with Crippen molar-refractivity contribution in [3.8, 4) is 0 Å². The van der Waals surface area contributed by atoms with Gasteiger partial charge in [0.15, 0.2) is 0 Å². The summed E-state index contributed by atoms with van der Waals surface area (Å²) in [5.74, 6) is -0.192. The molecule has 1 aliphatic rings. The third-order valence-electron chi connectivity index (χ3n) is 5.74. The molecule has 0 bridgehead atoms. The Morgan fingerprint density at radius 3 is 2.26 bits per heavy atom. The molecular weight excluding hydrogens is 456 g/mol. The Bertz CT molecular complexity index is 1320. The van der Waals surface area contributed by atoms with E-state index in [1.54, 1.807) is 24.0 Å². The maximum Gasteiger partial charge on any atom is 0.270 e. The summed E-state index contributed by atoms with van der Waals surface area (Å²) in [6, 6.07) is 20.5. The number of carbonyl (C=O) groups excluding carboxylic acids is 1. The number of hydrogen-bond acceptors (Lipinski definition) is 6. The van der Waals surface area contributed by atoms with Crippen molar-refractivity contribution in [3.05, 3.63) is 94.0 Å². The minimum Gasteiger partial charge on any atom is -0.355 e. The second-order valence-electron chi connectivity index (χ2n) is 7.94. The Morgan fingerprint density at radius 1 is 0.941 bits per heavy atom. The van der Waals surface area contributed by atoms with Crippen LogP contribution in [0.3, 0.4) is 0 Å². The highest BCUT2D eigenvalue weighted by atomic mass is 32.2. The molecule has 176 valence electrons. The van der Waals surface area contributed by atoms with E-state index < -0.39 is 14.9 Å². The summed E-state index contributed by atoms with van der Waals surface area (Å²) in [6.45, 7) is 2.24. The molecule has 1 N–H and O–H groups in total. The van der Waals surface area contributed by atoms with Gasteiger partial charge in [-0.1, -0.05) is 36.4 Å². The molecular formula is C24H24N4O5S. The molecule has 1 saturated heterocycles. The smallest absolute Gasteiger partial charge is 0.270 e. The molecule has 4 rings (SSSR count). The molecule has 9 nitrogen and oxygen atoms in total. The first-order valence-corrected chi connectivity index (χ1v) is 12.2. The lowest BCUT2D eigenvalue weighted by atomic mass is 10.1. The quantitative estimate of drug-likeness (QED) is 0.424. The van der Waals surface area contributed by atoms with Gasteiger partial charge in [-0.15, -0.1) is 0 Å². The summed E-state index contributed by atoms with van der Waals surface area (Å²) < 4.78 is 27.6. The monoisotopic (exact) mass is 480 g/mol. The van der Waals surface area contributed by atoms with E-state index in [0.29, 0.717) is 16.8 Å². The molecule has 0 aliphatic carbocycles. The van der Waals surface area contributed by atoms with E-state index >= 15 is 0 Å². The van der Waals surface area contributed by atoms with Gasteiger partial charge in [-0.3, -0.25) is 14.9 Å². The van der Waals surface area contributed by atoms with Crippen molar-refractivity contribution in [2.75, 3.05) is 31.5 Å². The van der Waals surface area contributed by atoms with Crippen LogP contribution in [0.4, 0.5) is 17.1 Å². The van der Waals surface area contributed by atoms with Crippen LogP contribution in [0.5, 0.6) is 0 Å². The summed E-state index contributed by atoms with van der Waals surface area (Å²) in [6.07, 6.45) is 0. The van der Waals surface area contributed by atoms with Crippen LogP contribution in [0.25, 0.3) is 0 Å². The Labute approximate surface area is 197 Å². The van der Waals surface area contributed by atoms with Crippen LogP contribution in [0, 0.1) is 17.0 Å². The van der Waals surface area contributed by atoms with Gasteiger partial charge in [-0.2, -0.15) is 4.31 Å². The van der Waals surface area contributed by atoms with Gasteiger partial charge in [-0.25, -0.2) is 8.42 Å². The van der Waals surface area contributed by atoms with Crippen LogP contribution in [0.15, 0.2) is 77.7 Å². The number of aryl methyl sites for hydroxylation is 1. The maximum absolute atomic E-state index is 13.3. The number of amides is 1. The van der Waals surface area contributed by atoms with Gasteiger partial charge in [0.05, 0.1) is 21.1 Å². The third kappa shape index (κ3) is 4.78. The molecule has 0 spiro atoms. The van der Waals surface area contributed by atoms with Crippen molar-refractivity contribution in [2.45, 2.75) is 11.8 Å². The van der Waals surface area contributed by atoms with E-state index in [0.717, 1.165) is 11.8 Å². The fourth-order valence-electron chi connectivity index (χ4n) is 3.88.